The van der Waals surface area contributed by atoms with Crippen LogP contribution in [0, 0.1) is 0 Å². The van der Waals surface area contributed by atoms with Gasteiger partial charge in [-0.15, -0.1) is 0 Å². The van der Waals surface area contributed by atoms with Gasteiger partial charge in [0.15, 0.2) is 0 Å². The molecule has 100 valence electrons. The highest BCUT2D eigenvalue weighted by Crippen LogP contribution is 2.50. The second kappa shape index (κ2) is 7.17. The van der Waals surface area contributed by atoms with E-state index in [1.54, 1.807) is 5.82 Å². The lowest BCUT2D eigenvalue weighted by molar-refractivity contribution is 0.0537. The van der Waals surface area contributed by atoms with Gasteiger partial charge in [-0.1, -0.05) is 0 Å². The molecule has 1 heterocycles. The van der Waals surface area contributed by atoms with E-state index in [0.717, 1.165) is 18.8 Å². The van der Waals surface area contributed by atoms with Crippen molar-refractivity contribution in [1.29, 1.82) is 0 Å². The number of nitrogens with zero attached hydrogens (tertiary/aromatic N) is 1. The lowest BCUT2D eigenvalue weighted by Gasteiger charge is -2.30. The minimum Gasteiger partial charge on any atom is -0.378 e. The summed E-state index contributed by atoms with van der Waals surface area (Å²) in [6, 6.07) is 0. The van der Waals surface area contributed by atoms with Crippen LogP contribution in [0.25, 0.3) is 0 Å². The summed E-state index contributed by atoms with van der Waals surface area (Å²) >= 11 is 0. The summed E-state index contributed by atoms with van der Waals surface area (Å²) in [7, 11) is -3.09. The van der Waals surface area contributed by atoms with Crippen LogP contribution in [0.4, 0.5) is 0 Å². The molecule has 17 heavy (non-hydrogen) atoms. The minimum absolute atomic E-state index is 0.379. The maximum atomic E-state index is 12.3. The van der Waals surface area contributed by atoms with Crippen molar-refractivity contribution in [3.05, 3.63) is 11.5 Å². The molecule has 6 heteroatoms. The van der Waals surface area contributed by atoms with Crippen molar-refractivity contribution in [3.63, 3.8) is 0 Å². The second-order valence-corrected chi connectivity index (χ2v) is 5.60. The van der Waals surface area contributed by atoms with E-state index in [1.165, 1.54) is 0 Å². The molecule has 0 aromatic carbocycles. The maximum absolute atomic E-state index is 12.3. The fraction of sp³-hybridized carbons (Fsp3) is 0.818. The molecule has 0 amide bonds. The summed E-state index contributed by atoms with van der Waals surface area (Å²) in [6.45, 7) is 9.36. The topological polar surface area (TPSA) is 48.0 Å². The van der Waals surface area contributed by atoms with Gasteiger partial charge in [0.25, 0.3) is 0 Å². The van der Waals surface area contributed by atoms with Crippen LogP contribution in [-0.2, 0) is 18.3 Å². The Hall–Kier alpha value is -0.350. The van der Waals surface area contributed by atoms with Gasteiger partial charge in [-0.3, -0.25) is 4.57 Å². The van der Waals surface area contributed by atoms with Gasteiger partial charge in [-0.25, -0.2) is 0 Å². The molecule has 0 aromatic rings. The number of rotatable bonds is 6. The standard InChI is InChI=1S/C11H22NO4P/c1-4-15-17(13,16-5-2)10-11(3)12-6-8-14-9-7-12/h10H,4-9H2,1-3H3/b11-10+. The van der Waals surface area contributed by atoms with Crippen LogP contribution in [0.3, 0.4) is 0 Å². The molecular formula is C11H22NO4P. The molecule has 1 fully saturated rings. The Morgan fingerprint density at radius 3 is 2.29 bits per heavy atom. The number of allylic oxidation sites excluding steroid dienone is 1. The summed E-state index contributed by atoms with van der Waals surface area (Å²) in [4.78, 5) is 2.13. The van der Waals surface area contributed by atoms with E-state index in [0.29, 0.717) is 26.4 Å². The van der Waals surface area contributed by atoms with Crippen LogP contribution >= 0.6 is 7.60 Å². The predicted molar refractivity (Wildman–Crippen MR) is 67.0 cm³/mol. The molecule has 0 bridgehead atoms. The van der Waals surface area contributed by atoms with Crippen LogP contribution in [-0.4, -0.2) is 44.4 Å². The average molecular weight is 263 g/mol. The molecular weight excluding hydrogens is 241 g/mol. The van der Waals surface area contributed by atoms with Gasteiger partial charge in [0.05, 0.1) is 26.4 Å². The van der Waals surface area contributed by atoms with Crippen molar-refractivity contribution in [1.82, 2.24) is 4.90 Å². The van der Waals surface area contributed by atoms with E-state index in [4.69, 9.17) is 13.8 Å². The van der Waals surface area contributed by atoms with Gasteiger partial charge in [0.1, 0.15) is 0 Å². The molecule has 1 saturated heterocycles. The summed E-state index contributed by atoms with van der Waals surface area (Å²) in [5.74, 6) is 1.62. The van der Waals surface area contributed by atoms with E-state index >= 15 is 0 Å². The molecule has 1 aliphatic heterocycles. The largest absolute Gasteiger partial charge is 0.378 e. The van der Waals surface area contributed by atoms with Gasteiger partial charge in [-0.05, 0) is 20.8 Å². The highest BCUT2D eigenvalue weighted by Gasteiger charge is 2.22. The molecule has 5 nitrogen and oxygen atoms in total. The van der Waals surface area contributed by atoms with Gasteiger partial charge in [0.2, 0.25) is 0 Å². The van der Waals surface area contributed by atoms with E-state index in [1.807, 2.05) is 20.8 Å². The zero-order valence-electron chi connectivity index (χ0n) is 10.8. The van der Waals surface area contributed by atoms with Crippen LogP contribution in [0.15, 0.2) is 11.5 Å². The van der Waals surface area contributed by atoms with Crippen molar-refractivity contribution in [2.45, 2.75) is 20.8 Å². The molecule has 0 atom stereocenters. The highest BCUT2D eigenvalue weighted by atomic mass is 31.2. The fourth-order valence-corrected chi connectivity index (χ4v) is 3.26. The molecule has 0 aromatic heterocycles. The van der Waals surface area contributed by atoms with Crippen molar-refractivity contribution < 1.29 is 18.3 Å². The van der Waals surface area contributed by atoms with Crippen molar-refractivity contribution in [2.75, 3.05) is 39.5 Å². The van der Waals surface area contributed by atoms with Gasteiger partial charge in [0, 0.05) is 24.6 Å². The Morgan fingerprint density at radius 1 is 1.29 bits per heavy atom. The van der Waals surface area contributed by atoms with Crippen LogP contribution in [0.2, 0.25) is 0 Å². The summed E-state index contributed by atoms with van der Waals surface area (Å²) in [5, 5.41) is 0. The van der Waals surface area contributed by atoms with Crippen LogP contribution in [0.1, 0.15) is 20.8 Å². The number of hydrogen-bond donors (Lipinski definition) is 0. The van der Waals surface area contributed by atoms with Gasteiger partial charge < -0.3 is 18.7 Å². The zero-order chi connectivity index (χ0) is 12.7. The molecule has 0 radical (unpaired) electrons. The Morgan fingerprint density at radius 2 is 1.82 bits per heavy atom. The zero-order valence-corrected chi connectivity index (χ0v) is 11.7. The van der Waals surface area contributed by atoms with Crippen molar-refractivity contribution >= 4 is 7.60 Å². The SMILES string of the molecule is CCOP(=O)(/C=C(\C)N1CCOCC1)OCC. The number of morpholine rings is 1. The normalized spacial score (nSPS) is 18.5. The van der Waals surface area contributed by atoms with Gasteiger partial charge in [-0.2, -0.15) is 0 Å². The molecule has 0 saturated carbocycles. The fourth-order valence-electron chi connectivity index (χ4n) is 1.70. The third kappa shape index (κ3) is 4.80. The van der Waals surface area contributed by atoms with Crippen molar-refractivity contribution in [3.8, 4) is 0 Å². The first-order chi connectivity index (χ1) is 8.11. The second-order valence-electron chi connectivity index (χ2n) is 3.75. The predicted octanol–water partition coefficient (Wildman–Crippen LogP) is 2.45. The Bertz CT molecular complexity index is 290. The third-order valence-electron chi connectivity index (χ3n) is 2.47. The third-order valence-corrected chi connectivity index (χ3v) is 4.40. The van der Waals surface area contributed by atoms with E-state index in [2.05, 4.69) is 4.90 Å². The molecule has 0 spiro atoms. The van der Waals surface area contributed by atoms with E-state index in [9.17, 15) is 4.57 Å². The maximum Gasteiger partial charge on any atom is 0.355 e. The Kier molecular flexibility index (Phi) is 6.20. The highest BCUT2D eigenvalue weighted by molar-refractivity contribution is 7.57. The lowest BCUT2D eigenvalue weighted by atomic mass is 10.4. The number of ether oxygens (including phenoxy) is 1. The van der Waals surface area contributed by atoms with Crippen LogP contribution < -0.4 is 0 Å². The molecule has 1 aliphatic rings. The molecule has 0 unspecified atom stereocenters. The molecule has 0 N–H and O–H groups in total. The smallest absolute Gasteiger partial charge is 0.355 e. The average Bonchev–Trinajstić information content (AvgIpc) is 2.30. The summed E-state index contributed by atoms with van der Waals surface area (Å²) < 4.78 is 28.0. The lowest BCUT2D eigenvalue weighted by Crippen LogP contribution is -2.34. The Balaban J connectivity index is 2.70. The molecule has 0 aliphatic carbocycles. The minimum atomic E-state index is -3.09. The first kappa shape index (κ1) is 14.7. The quantitative estimate of drug-likeness (QED) is 0.689. The van der Waals surface area contributed by atoms with E-state index < -0.39 is 7.60 Å². The molecule has 1 rings (SSSR count). The monoisotopic (exact) mass is 263 g/mol. The number of hydrogen-bond acceptors (Lipinski definition) is 5. The first-order valence-electron chi connectivity index (χ1n) is 6.02. The summed E-state index contributed by atoms with van der Waals surface area (Å²) in [6.07, 6.45) is 0. The Labute approximate surface area is 103 Å². The van der Waals surface area contributed by atoms with Crippen LogP contribution in [0.5, 0.6) is 0 Å². The first-order valence-corrected chi connectivity index (χ1v) is 7.63. The van der Waals surface area contributed by atoms with E-state index in [-0.39, 0.29) is 0 Å². The van der Waals surface area contributed by atoms with Gasteiger partial charge >= 0.3 is 7.60 Å². The summed E-state index contributed by atoms with van der Waals surface area (Å²) in [5.41, 5.74) is 0.929. The van der Waals surface area contributed by atoms with Crippen molar-refractivity contribution in [2.24, 2.45) is 0 Å².